The number of hydrogen-bond acceptors (Lipinski definition) is 5. The van der Waals surface area contributed by atoms with Gasteiger partial charge in [-0.15, -0.1) is 11.3 Å². The molecule has 6 heteroatoms. The van der Waals surface area contributed by atoms with Crippen LogP contribution >= 0.6 is 22.9 Å². The normalized spacial score (nSPS) is 12.4. The van der Waals surface area contributed by atoms with Gasteiger partial charge in [-0.3, -0.25) is 0 Å². The van der Waals surface area contributed by atoms with E-state index >= 15 is 0 Å². The molecule has 0 spiro atoms. The van der Waals surface area contributed by atoms with Gasteiger partial charge in [0.1, 0.15) is 0 Å². The predicted octanol–water partition coefficient (Wildman–Crippen LogP) is 3.26. The Kier molecular flexibility index (Phi) is 3.49. The van der Waals surface area contributed by atoms with Gasteiger partial charge in [0, 0.05) is 4.88 Å². The van der Waals surface area contributed by atoms with Crippen LogP contribution in [0.25, 0.3) is 0 Å². The fraction of sp³-hybridized carbons (Fsp3) is 0.273. The van der Waals surface area contributed by atoms with Gasteiger partial charge in [0.2, 0.25) is 5.28 Å². The summed E-state index contributed by atoms with van der Waals surface area (Å²) in [4.78, 5) is 9.32. The number of aromatic nitrogens is 2. The first-order valence-corrected chi connectivity index (χ1v) is 6.43. The Morgan fingerprint density at radius 1 is 1.47 bits per heavy atom. The van der Waals surface area contributed by atoms with Crippen molar-refractivity contribution in [2.75, 3.05) is 11.1 Å². The van der Waals surface area contributed by atoms with Gasteiger partial charge in [0.05, 0.1) is 17.4 Å². The van der Waals surface area contributed by atoms with Gasteiger partial charge >= 0.3 is 0 Å². The lowest BCUT2D eigenvalue weighted by Crippen LogP contribution is -2.10. The number of anilines is 2. The van der Waals surface area contributed by atoms with Crippen LogP contribution in [0.1, 0.15) is 23.5 Å². The Bertz CT molecular complexity index is 512. The van der Waals surface area contributed by atoms with E-state index in [9.17, 15) is 0 Å². The number of nitrogen functional groups attached to an aromatic ring is 1. The minimum Gasteiger partial charge on any atom is -0.394 e. The topological polar surface area (TPSA) is 63.8 Å². The van der Waals surface area contributed by atoms with Crippen LogP contribution < -0.4 is 11.1 Å². The first kappa shape index (κ1) is 12.1. The standard InChI is InChI=1S/C11H13ClN4S/c1-6(8-4-3-5-17-8)14-10-9(13)7(2)15-11(12)16-10/h3-6H,13H2,1-2H3,(H,14,15,16). The molecule has 0 fully saturated rings. The van der Waals surface area contributed by atoms with E-state index in [1.54, 1.807) is 11.3 Å². The molecule has 0 amide bonds. The summed E-state index contributed by atoms with van der Waals surface area (Å²) in [6, 6.07) is 4.22. The summed E-state index contributed by atoms with van der Waals surface area (Å²) < 4.78 is 0. The molecule has 0 bridgehead atoms. The van der Waals surface area contributed by atoms with Crippen molar-refractivity contribution in [1.82, 2.24) is 9.97 Å². The second-order valence-electron chi connectivity index (χ2n) is 3.72. The average molecular weight is 269 g/mol. The molecule has 0 aliphatic carbocycles. The summed E-state index contributed by atoms with van der Waals surface area (Å²) in [5, 5.41) is 5.49. The highest BCUT2D eigenvalue weighted by atomic mass is 35.5. The Morgan fingerprint density at radius 2 is 2.24 bits per heavy atom. The van der Waals surface area contributed by atoms with E-state index in [4.69, 9.17) is 17.3 Å². The molecule has 2 aromatic heterocycles. The van der Waals surface area contributed by atoms with Crippen molar-refractivity contribution in [3.63, 3.8) is 0 Å². The van der Waals surface area contributed by atoms with E-state index in [2.05, 4.69) is 28.3 Å². The molecular formula is C11H13ClN4S. The van der Waals surface area contributed by atoms with Gasteiger partial charge in [0.25, 0.3) is 0 Å². The molecule has 2 heterocycles. The Labute approximate surface area is 109 Å². The molecule has 0 saturated carbocycles. The maximum absolute atomic E-state index is 5.91. The molecule has 0 radical (unpaired) electrons. The SMILES string of the molecule is Cc1nc(Cl)nc(NC(C)c2cccs2)c1N. The van der Waals surface area contributed by atoms with E-state index in [0.717, 1.165) is 0 Å². The molecule has 17 heavy (non-hydrogen) atoms. The number of nitrogens with two attached hydrogens (primary N) is 1. The summed E-state index contributed by atoms with van der Waals surface area (Å²) in [6.45, 7) is 3.86. The van der Waals surface area contributed by atoms with Crippen molar-refractivity contribution in [2.45, 2.75) is 19.9 Å². The number of nitrogens with one attached hydrogen (secondary N) is 1. The van der Waals surface area contributed by atoms with E-state index in [1.165, 1.54) is 4.88 Å². The third-order valence-corrected chi connectivity index (χ3v) is 3.66. The highest BCUT2D eigenvalue weighted by Gasteiger charge is 2.12. The molecule has 1 unspecified atom stereocenters. The van der Waals surface area contributed by atoms with Crippen molar-refractivity contribution in [3.05, 3.63) is 33.4 Å². The first-order chi connectivity index (χ1) is 8.08. The summed E-state index contributed by atoms with van der Waals surface area (Å²) in [6.07, 6.45) is 0. The molecule has 90 valence electrons. The smallest absolute Gasteiger partial charge is 0.224 e. The highest BCUT2D eigenvalue weighted by Crippen LogP contribution is 2.27. The number of halogens is 1. The molecule has 2 rings (SSSR count). The summed E-state index contributed by atoms with van der Waals surface area (Å²) >= 11 is 7.50. The van der Waals surface area contributed by atoms with E-state index in [-0.39, 0.29) is 11.3 Å². The molecular weight excluding hydrogens is 256 g/mol. The monoisotopic (exact) mass is 268 g/mol. The fourth-order valence-electron chi connectivity index (χ4n) is 1.47. The Balaban J connectivity index is 2.24. The first-order valence-electron chi connectivity index (χ1n) is 5.17. The highest BCUT2D eigenvalue weighted by molar-refractivity contribution is 7.10. The van der Waals surface area contributed by atoms with Crippen molar-refractivity contribution in [3.8, 4) is 0 Å². The van der Waals surface area contributed by atoms with Gasteiger partial charge < -0.3 is 11.1 Å². The Hall–Kier alpha value is -1.33. The van der Waals surface area contributed by atoms with E-state index < -0.39 is 0 Å². The minimum absolute atomic E-state index is 0.141. The lowest BCUT2D eigenvalue weighted by Gasteiger charge is -2.15. The molecule has 0 aliphatic heterocycles. The second-order valence-corrected chi connectivity index (χ2v) is 5.04. The zero-order valence-electron chi connectivity index (χ0n) is 9.57. The van der Waals surface area contributed by atoms with Crippen LogP contribution in [0.2, 0.25) is 5.28 Å². The summed E-state index contributed by atoms with van der Waals surface area (Å²) in [5.41, 5.74) is 7.14. The van der Waals surface area contributed by atoms with E-state index in [1.807, 2.05) is 18.4 Å². The average Bonchev–Trinajstić information content (AvgIpc) is 2.78. The van der Waals surface area contributed by atoms with Gasteiger partial charge in [0.15, 0.2) is 5.82 Å². The number of hydrogen-bond donors (Lipinski definition) is 2. The van der Waals surface area contributed by atoms with Crippen LogP contribution in [-0.2, 0) is 0 Å². The molecule has 3 N–H and O–H groups in total. The Morgan fingerprint density at radius 3 is 2.88 bits per heavy atom. The van der Waals surface area contributed by atoms with Gasteiger partial charge in [-0.05, 0) is 36.9 Å². The third-order valence-electron chi connectivity index (χ3n) is 2.43. The van der Waals surface area contributed by atoms with Crippen molar-refractivity contribution < 1.29 is 0 Å². The zero-order chi connectivity index (χ0) is 12.4. The molecule has 1 atom stereocenters. The molecule has 0 saturated heterocycles. The van der Waals surface area contributed by atoms with Crippen molar-refractivity contribution in [1.29, 1.82) is 0 Å². The summed E-state index contributed by atoms with van der Waals surface area (Å²) in [7, 11) is 0. The quantitative estimate of drug-likeness (QED) is 0.839. The molecule has 0 aliphatic rings. The number of thiophene rings is 1. The molecule has 0 aromatic carbocycles. The van der Waals surface area contributed by atoms with Gasteiger partial charge in [-0.2, -0.15) is 4.98 Å². The predicted molar refractivity (Wildman–Crippen MR) is 72.5 cm³/mol. The fourth-order valence-corrected chi connectivity index (χ4v) is 2.42. The van der Waals surface area contributed by atoms with Crippen molar-refractivity contribution in [2.24, 2.45) is 0 Å². The maximum Gasteiger partial charge on any atom is 0.224 e. The van der Waals surface area contributed by atoms with Crippen LogP contribution in [0.4, 0.5) is 11.5 Å². The number of rotatable bonds is 3. The maximum atomic E-state index is 5.91. The minimum atomic E-state index is 0.141. The summed E-state index contributed by atoms with van der Waals surface area (Å²) in [5.74, 6) is 0.586. The number of nitrogens with zero attached hydrogens (tertiary/aromatic N) is 2. The van der Waals surface area contributed by atoms with Gasteiger partial charge in [-0.25, -0.2) is 4.98 Å². The second kappa shape index (κ2) is 4.89. The number of aryl methyl sites for hydroxylation is 1. The zero-order valence-corrected chi connectivity index (χ0v) is 11.1. The molecule has 4 nitrogen and oxygen atoms in total. The van der Waals surface area contributed by atoms with Crippen LogP contribution in [0.5, 0.6) is 0 Å². The van der Waals surface area contributed by atoms with Crippen LogP contribution in [0, 0.1) is 6.92 Å². The van der Waals surface area contributed by atoms with Crippen LogP contribution in [0.3, 0.4) is 0 Å². The van der Waals surface area contributed by atoms with Crippen LogP contribution in [-0.4, -0.2) is 9.97 Å². The molecule has 2 aromatic rings. The third kappa shape index (κ3) is 2.68. The largest absolute Gasteiger partial charge is 0.394 e. The lowest BCUT2D eigenvalue weighted by atomic mass is 10.2. The van der Waals surface area contributed by atoms with Crippen LogP contribution in [0.15, 0.2) is 17.5 Å². The lowest BCUT2D eigenvalue weighted by molar-refractivity contribution is 0.892. The van der Waals surface area contributed by atoms with E-state index in [0.29, 0.717) is 17.2 Å². The van der Waals surface area contributed by atoms with Gasteiger partial charge in [-0.1, -0.05) is 6.07 Å². The van der Waals surface area contributed by atoms with Crippen molar-refractivity contribution >= 4 is 34.4 Å².